The summed E-state index contributed by atoms with van der Waals surface area (Å²) < 4.78 is 0. The molecule has 0 bridgehead atoms. The minimum absolute atomic E-state index is 0.774. The fourth-order valence-electron chi connectivity index (χ4n) is 2.41. The van der Waals surface area contributed by atoms with E-state index in [0.717, 1.165) is 40.8 Å². The van der Waals surface area contributed by atoms with Crippen molar-refractivity contribution in [3.8, 4) is 0 Å². The normalized spacial score (nSPS) is 10.5. The van der Waals surface area contributed by atoms with Gasteiger partial charge in [0, 0.05) is 34.9 Å². The van der Waals surface area contributed by atoms with Crippen LogP contribution in [0.25, 0.3) is 0 Å². The highest BCUT2D eigenvalue weighted by Crippen LogP contribution is 2.26. The molecule has 0 aliphatic heterocycles. The molecule has 3 aromatic rings. The van der Waals surface area contributed by atoms with Gasteiger partial charge in [-0.05, 0) is 38.0 Å². The summed E-state index contributed by atoms with van der Waals surface area (Å²) in [5, 5.41) is 6.69. The van der Waals surface area contributed by atoms with Gasteiger partial charge in [0.2, 0.25) is 0 Å². The summed E-state index contributed by atoms with van der Waals surface area (Å²) in [6.45, 7) is 6.02. The monoisotopic (exact) mass is 320 g/mol. The molecule has 0 fully saturated rings. The van der Waals surface area contributed by atoms with Crippen LogP contribution in [-0.4, -0.2) is 19.9 Å². The van der Waals surface area contributed by atoms with Crippen LogP contribution >= 0.6 is 0 Å². The van der Waals surface area contributed by atoms with Gasteiger partial charge in [-0.15, -0.1) is 0 Å². The van der Waals surface area contributed by atoms with Crippen molar-refractivity contribution in [2.24, 2.45) is 0 Å². The molecule has 24 heavy (non-hydrogen) atoms. The molecule has 0 atom stereocenters. The smallest absolute Gasteiger partial charge is 0.133 e. The number of nitrogens with one attached hydrogen (secondary N) is 2. The van der Waals surface area contributed by atoms with Gasteiger partial charge in [-0.3, -0.25) is 0 Å². The van der Waals surface area contributed by atoms with E-state index in [1.165, 1.54) is 5.56 Å². The average Bonchev–Trinajstić information content (AvgIpc) is 2.55. The molecule has 0 saturated carbocycles. The second kappa shape index (κ2) is 7.04. The number of aromatic nitrogens is 4. The van der Waals surface area contributed by atoms with E-state index < -0.39 is 0 Å². The highest BCUT2D eigenvalue weighted by molar-refractivity contribution is 5.69. The third-order valence-electron chi connectivity index (χ3n) is 3.63. The molecule has 2 heterocycles. The zero-order valence-electron chi connectivity index (χ0n) is 14.0. The summed E-state index contributed by atoms with van der Waals surface area (Å²) in [4.78, 5) is 16.8. The molecule has 6 heteroatoms. The molecule has 2 N–H and O–H groups in total. The quantitative estimate of drug-likeness (QED) is 0.742. The molecular formula is C18H20N6. The standard InChI is InChI=1S/C18H20N6/c1-4-14-5-6-15(23-17-7-12(2)19-10-21-17)9-16(14)24-18-8-13(3)20-11-22-18/h5-11H,4H2,1-3H3,(H,19,21,23)(H,20,22,24). The second-order valence-corrected chi connectivity index (χ2v) is 5.56. The third-order valence-corrected chi connectivity index (χ3v) is 3.63. The Morgan fingerprint density at radius 2 is 1.42 bits per heavy atom. The first kappa shape index (κ1) is 15.9. The van der Waals surface area contributed by atoms with Crippen LogP contribution in [-0.2, 0) is 6.42 Å². The molecule has 0 unspecified atom stereocenters. The molecule has 2 aromatic heterocycles. The average molecular weight is 320 g/mol. The van der Waals surface area contributed by atoms with E-state index >= 15 is 0 Å². The van der Waals surface area contributed by atoms with Crippen LogP contribution in [0.15, 0.2) is 43.0 Å². The molecule has 0 aliphatic carbocycles. The summed E-state index contributed by atoms with van der Waals surface area (Å²) >= 11 is 0. The molecule has 0 spiro atoms. The van der Waals surface area contributed by atoms with E-state index in [-0.39, 0.29) is 0 Å². The maximum atomic E-state index is 4.27. The van der Waals surface area contributed by atoms with Gasteiger partial charge in [0.05, 0.1) is 0 Å². The van der Waals surface area contributed by atoms with Crippen molar-refractivity contribution in [3.05, 3.63) is 59.9 Å². The maximum absolute atomic E-state index is 4.27. The first-order chi connectivity index (χ1) is 11.6. The van der Waals surface area contributed by atoms with Crippen molar-refractivity contribution < 1.29 is 0 Å². The van der Waals surface area contributed by atoms with E-state index in [2.05, 4.69) is 49.6 Å². The van der Waals surface area contributed by atoms with Crippen LogP contribution in [0.1, 0.15) is 23.9 Å². The topological polar surface area (TPSA) is 75.6 Å². The van der Waals surface area contributed by atoms with Gasteiger partial charge in [-0.2, -0.15) is 0 Å². The fraction of sp³-hybridized carbons (Fsp3) is 0.222. The molecule has 0 amide bonds. The summed E-state index contributed by atoms with van der Waals surface area (Å²) in [7, 11) is 0. The Bertz CT molecular complexity index is 846. The summed E-state index contributed by atoms with van der Waals surface area (Å²) in [6, 6.07) is 10.1. The van der Waals surface area contributed by atoms with E-state index in [1.54, 1.807) is 12.7 Å². The SMILES string of the molecule is CCc1ccc(Nc2cc(C)ncn2)cc1Nc1cc(C)ncn1. The first-order valence-electron chi connectivity index (χ1n) is 7.88. The van der Waals surface area contributed by atoms with Crippen LogP contribution in [0.5, 0.6) is 0 Å². The van der Waals surface area contributed by atoms with Gasteiger partial charge in [0.1, 0.15) is 24.3 Å². The molecule has 0 radical (unpaired) electrons. The predicted octanol–water partition coefficient (Wildman–Crippen LogP) is 3.93. The Kier molecular flexibility index (Phi) is 4.65. The number of benzene rings is 1. The molecule has 3 rings (SSSR count). The number of nitrogens with zero attached hydrogens (tertiary/aromatic N) is 4. The number of aryl methyl sites for hydroxylation is 3. The number of anilines is 4. The number of rotatable bonds is 5. The fourth-order valence-corrected chi connectivity index (χ4v) is 2.41. The van der Waals surface area contributed by atoms with E-state index in [0.29, 0.717) is 0 Å². The third kappa shape index (κ3) is 3.84. The van der Waals surface area contributed by atoms with Crippen molar-refractivity contribution >= 4 is 23.0 Å². The van der Waals surface area contributed by atoms with Crippen molar-refractivity contribution in [2.75, 3.05) is 10.6 Å². The molecular weight excluding hydrogens is 300 g/mol. The maximum Gasteiger partial charge on any atom is 0.133 e. The van der Waals surface area contributed by atoms with Crippen molar-refractivity contribution in [3.63, 3.8) is 0 Å². The van der Waals surface area contributed by atoms with Gasteiger partial charge in [-0.25, -0.2) is 19.9 Å². The van der Waals surface area contributed by atoms with Gasteiger partial charge < -0.3 is 10.6 Å². The second-order valence-electron chi connectivity index (χ2n) is 5.56. The van der Waals surface area contributed by atoms with E-state index in [9.17, 15) is 0 Å². The van der Waals surface area contributed by atoms with Gasteiger partial charge in [0.15, 0.2) is 0 Å². The Hall–Kier alpha value is -3.02. The highest BCUT2D eigenvalue weighted by atomic mass is 15.0. The van der Waals surface area contributed by atoms with Crippen LogP contribution < -0.4 is 10.6 Å². The molecule has 6 nitrogen and oxygen atoms in total. The van der Waals surface area contributed by atoms with E-state index in [1.807, 2.05) is 32.0 Å². The van der Waals surface area contributed by atoms with Crippen LogP contribution in [0, 0.1) is 13.8 Å². The van der Waals surface area contributed by atoms with E-state index in [4.69, 9.17) is 0 Å². The summed E-state index contributed by atoms with van der Waals surface area (Å²) in [6.07, 6.45) is 4.05. The van der Waals surface area contributed by atoms with Gasteiger partial charge >= 0.3 is 0 Å². The largest absolute Gasteiger partial charge is 0.340 e. The highest BCUT2D eigenvalue weighted by Gasteiger charge is 2.06. The van der Waals surface area contributed by atoms with Crippen LogP contribution in [0.3, 0.4) is 0 Å². The molecule has 122 valence electrons. The van der Waals surface area contributed by atoms with Crippen LogP contribution in [0.4, 0.5) is 23.0 Å². The van der Waals surface area contributed by atoms with Gasteiger partial charge in [-0.1, -0.05) is 13.0 Å². The minimum Gasteiger partial charge on any atom is -0.340 e. The van der Waals surface area contributed by atoms with Crippen molar-refractivity contribution in [1.82, 2.24) is 19.9 Å². The number of hydrogen-bond donors (Lipinski definition) is 2. The lowest BCUT2D eigenvalue weighted by Crippen LogP contribution is -2.01. The lowest BCUT2D eigenvalue weighted by molar-refractivity contribution is 1.09. The first-order valence-corrected chi connectivity index (χ1v) is 7.88. The molecule has 0 saturated heterocycles. The van der Waals surface area contributed by atoms with Crippen molar-refractivity contribution in [2.45, 2.75) is 27.2 Å². The summed E-state index contributed by atoms with van der Waals surface area (Å²) in [5.74, 6) is 1.56. The predicted molar refractivity (Wildman–Crippen MR) is 95.9 cm³/mol. The van der Waals surface area contributed by atoms with Crippen molar-refractivity contribution in [1.29, 1.82) is 0 Å². The summed E-state index contributed by atoms with van der Waals surface area (Å²) in [5.41, 5.74) is 5.05. The number of hydrogen-bond acceptors (Lipinski definition) is 6. The molecule has 1 aromatic carbocycles. The Balaban J connectivity index is 1.87. The lowest BCUT2D eigenvalue weighted by atomic mass is 10.1. The van der Waals surface area contributed by atoms with Crippen LogP contribution in [0.2, 0.25) is 0 Å². The Morgan fingerprint density at radius 3 is 2.00 bits per heavy atom. The lowest BCUT2D eigenvalue weighted by Gasteiger charge is -2.13. The zero-order chi connectivity index (χ0) is 16.9. The molecule has 0 aliphatic rings. The Morgan fingerprint density at radius 1 is 0.792 bits per heavy atom. The Labute approximate surface area is 141 Å². The zero-order valence-corrected chi connectivity index (χ0v) is 14.0. The minimum atomic E-state index is 0.774. The van der Waals surface area contributed by atoms with Gasteiger partial charge in [0.25, 0.3) is 0 Å².